The molecule has 16 heavy (non-hydrogen) atoms. The molecule has 2 N–H and O–H groups in total. The molecule has 88 valence electrons. The highest BCUT2D eigenvalue weighted by Gasteiger charge is 2.37. The molecule has 1 aliphatic heterocycles. The van der Waals surface area contributed by atoms with E-state index in [9.17, 15) is 5.11 Å². The van der Waals surface area contributed by atoms with Gasteiger partial charge in [0.25, 0.3) is 0 Å². The van der Waals surface area contributed by atoms with Crippen LogP contribution < -0.4 is 10.1 Å². The number of piperidine rings is 1. The highest BCUT2D eigenvalue weighted by Crippen LogP contribution is 2.36. The van der Waals surface area contributed by atoms with Crippen LogP contribution in [0.15, 0.2) is 24.3 Å². The van der Waals surface area contributed by atoms with Crippen molar-refractivity contribution in [1.82, 2.24) is 5.32 Å². The van der Waals surface area contributed by atoms with Gasteiger partial charge in [-0.3, -0.25) is 0 Å². The fraction of sp³-hybridized carbons (Fsp3) is 0.538. The highest BCUT2D eigenvalue weighted by atomic mass is 16.5. The quantitative estimate of drug-likeness (QED) is 0.795. The summed E-state index contributed by atoms with van der Waals surface area (Å²) in [6.07, 6.45) is 0.751. The minimum absolute atomic E-state index is 0.216. The van der Waals surface area contributed by atoms with Crippen LogP contribution in [0.1, 0.15) is 18.9 Å². The number of ether oxygens (including phenoxy) is 1. The van der Waals surface area contributed by atoms with Crippen LogP contribution in [-0.2, 0) is 5.60 Å². The molecular weight excluding hydrogens is 202 g/mol. The first-order valence-corrected chi connectivity index (χ1v) is 5.74. The molecule has 3 heteroatoms. The zero-order valence-electron chi connectivity index (χ0n) is 9.86. The van der Waals surface area contributed by atoms with Gasteiger partial charge < -0.3 is 15.2 Å². The average Bonchev–Trinajstić information content (AvgIpc) is 2.33. The number of nitrogens with one attached hydrogen (secondary N) is 1. The molecule has 1 saturated heterocycles. The molecule has 1 aliphatic rings. The number of benzene rings is 1. The maximum absolute atomic E-state index is 10.7. The number of methoxy groups -OCH3 is 1. The van der Waals surface area contributed by atoms with E-state index in [-0.39, 0.29) is 5.92 Å². The summed E-state index contributed by atoms with van der Waals surface area (Å²) in [6, 6.07) is 7.74. The molecule has 2 atom stereocenters. The molecular formula is C13H19NO2. The van der Waals surface area contributed by atoms with Crippen molar-refractivity contribution in [3.05, 3.63) is 29.8 Å². The second-order valence-electron chi connectivity index (χ2n) is 4.51. The number of hydrogen-bond donors (Lipinski definition) is 2. The predicted octanol–water partition coefficient (Wildman–Crippen LogP) is 1.51. The van der Waals surface area contributed by atoms with Gasteiger partial charge in [-0.15, -0.1) is 0 Å². The molecule has 1 aromatic carbocycles. The Hall–Kier alpha value is -1.06. The fourth-order valence-corrected chi connectivity index (χ4v) is 2.33. The Balaban J connectivity index is 2.33. The van der Waals surface area contributed by atoms with Gasteiger partial charge in [-0.25, -0.2) is 0 Å². The van der Waals surface area contributed by atoms with Crippen LogP contribution in [0.25, 0.3) is 0 Å². The van der Waals surface area contributed by atoms with Crippen molar-refractivity contribution in [3.63, 3.8) is 0 Å². The molecule has 2 unspecified atom stereocenters. The van der Waals surface area contributed by atoms with Crippen LogP contribution in [0.3, 0.4) is 0 Å². The normalized spacial score (nSPS) is 30.1. The van der Waals surface area contributed by atoms with Crippen molar-refractivity contribution < 1.29 is 9.84 Å². The summed E-state index contributed by atoms with van der Waals surface area (Å²) in [5.74, 6) is 1.02. The van der Waals surface area contributed by atoms with Gasteiger partial charge in [0.05, 0.1) is 12.7 Å². The van der Waals surface area contributed by atoms with Crippen LogP contribution in [-0.4, -0.2) is 25.3 Å². The van der Waals surface area contributed by atoms with Crippen LogP contribution >= 0.6 is 0 Å². The number of hydrogen-bond acceptors (Lipinski definition) is 3. The zero-order valence-corrected chi connectivity index (χ0v) is 9.86. The third kappa shape index (κ3) is 1.93. The van der Waals surface area contributed by atoms with Crippen LogP contribution in [0.5, 0.6) is 5.75 Å². The highest BCUT2D eigenvalue weighted by molar-refractivity contribution is 5.33. The van der Waals surface area contributed by atoms with Crippen molar-refractivity contribution in [2.24, 2.45) is 5.92 Å². The monoisotopic (exact) mass is 221 g/mol. The number of aliphatic hydroxyl groups is 1. The van der Waals surface area contributed by atoms with E-state index in [0.717, 1.165) is 30.8 Å². The summed E-state index contributed by atoms with van der Waals surface area (Å²) in [4.78, 5) is 0. The Morgan fingerprint density at radius 1 is 1.50 bits per heavy atom. The van der Waals surface area contributed by atoms with Gasteiger partial charge in [-0.2, -0.15) is 0 Å². The Kier molecular flexibility index (Phi) is 3.17. The summed E-state index contributed by atoms with van der Waals surface area (Å²) in [5.41, 5.74) is 0.237. The van der Waals surface area contributed by atoms with E-state index in [1.807, 2.05) is 24.3 Å². The van der Waals surface area contributed by atoms with Gasteiger partial charge >= 0.3 is 0 Å². The third-order valence-corrected chi connectivity index (χ3v) is 3.52. The zero-order chi connectivity index (χ0) is 11.6. The molecule has 0 aliphatic carbocycles. The van der Waals surface area contributed by atoms with Gasteiger partial charge in [-0.1, -0.05) is 19.1 Å². The standard InChI is InChI=1S/C13H19NO2/c1-10-9-14-7-6-13(10,15)11-4-3-5-12(8-11)16-2/h3-5,8,10,14-15H,6-7,9H2,1-2H3. The first-order valence-electron chi connectivity index (χ1n) is 5.74. The molecule has 0 saturated carbocycles. The lowest BCUT2D eigenvalue weighted by Crippen LogP contribution is -2.46. The van der Waals surface area contributed by atoms with E-state index in [4.69, 9.17) is 4.74 Å². The summed E-state index contributed by atoms with van der Waals surface area (Å²) in [6.45, 7) is 3.79. The van der Waals surface area contributed by atoms with Crippen LogP contribution in [0, 0.1) is 5.92 Å². The molecule has 1 aromatic rings. The van der Waals surface area contributed by atoms with E-state index in [1.165, 1.54) is 0 Å². The second kappa shape index (κ2) is 4.44. The van der Waals surface area contributed by atoms with Gasteiger partial charge in [0.2, 0.25) is 0 Å². The van der Waals surface area contributed by atoms with E-state index in [2.05, 4.69) is 12.2 Å². The van der Waals surface area contributed by atoms with Gasteiger partial charge in [0.15, 0.2) is 0 Å². The molecule has 3 nitrogen and oxygen atoms in total. The summed E-state index contributed by atoms with van der Waals surface area (Å²) >= 11 is 0. The molecule has 0 spiro atoms. The lowest BCUT2D eigenvalue weighted by molar-refractivity contribution is -0.0393. The maximum Gasteiger partial charge on any atom is 0.119 e. The van der Waals surface area contributed by atoms with E-state index >= 15 is 0 Å². The van der Waals surface area contributed by atoms with E-state index in [1.54, 1.807) is 7.11 Å². The second-order valence-corrected chi connectivity index (χ2v) is 4.51. The van der Waals surface area contributed by atoms with E-state index in [0.29, 0.717) is 0 Å². The Morgan fingerprint density at radius 2 is 2.31 bits per heavy atom. The molecule has 0 radical (unpaired) electrons. The van der Waals surface area contributed by atoms with Gasteiger partial charge in [0, 0.05) is 12.5 Å². The fourth-order valence-electron chi connectivity index (χ4n) is 2.33. The van der Waals surface area contributed by atoms with E-state index < -0.39 is 5.60 Å². The predicted molar refractivity (Wildman–Crippen MR) is 63.5 cm³/mol. The summed E-state index contributed by atoms with van der Waals surface area (Å²) in [7, 11) is 1.65. The first-order chi connectivity index (χ1) is 7.66. The Morgan fingerprint density at radius 3 is 3.00 bits per heavy atom. The molecule has 1 heterocycles. The molecule has 0 amide bonds. The minimum atomic E-state index is -0.722. The smallest absolute Gasteiger partial charge is 0.119 e. The van der Waals surface area contributed by atoms with Crippen molar-refractivity contribution in [2.75, 3.05) is 20.2 Å². The van der Waals surface area contributed by atoms with Crippen molar-refractivity contribution in [2.45, 2.75) is 18.9 Å². The van der Waals surface area contributed by atoms with Crippen LogP contribution in [0.2, 0.25) is 0 Å². The number of rotatable bonds is 2. The van der Waals surface area contributed by atoms with Gasteiger partial charge in [-0.05, 0) is 30.7 Å². The molecule has 2 rings (SSSR count). The maximum atomic E-state index is 10.7. The Bertz CT molecular complexity index is 367. The third-order valence-electron chi connectivity index (χ3n) is 3.52. The first kappa shape index (κ1) is 11.4. The summed E-state index contributed by atoms with van der Waals surface area (Å²) < 4.78 is 5.20. The van der Waals surface area contributed by atoms with Crippen molar-refractivity contribution in [3.8, 4) is 5.75 Å². The average molecular weight is 221 g/mol. The minimum Gasteiger partial charge on any atom is -0.497 e. The van der Waals surface area contributed by atoms with Crippen molar-refractivity contribution >= 4 is 0 Å². The van der Waals surface area contributed by atoms with Crippen LogP contribution in [0.4, 0.5) is 0 Å². The molecule has 1 fully saturated rings. The van der Waals surface area contributed by atoms with Gasteiger partial charge in [0.1, 0.15) is 5.75 Å². The lowest BCUT2D eigenvalue weighted by Gasteiger charge is -2.39. The largest absolute Gasteiger partial charge is 0.497 e. The van der Waals surface area contributed by atoms with Crippen molar-refractivity contribution in [1.29, 1.82) is 0 Å². The lowest BCUT2D eigenvalue weighted by atomic mass is 9.77. The topological polar surface area (TPSA) is 41.5 Å². The SMILES string of the molecule is COc1cccc(C2(O)CCNCC2C)c1. The molecule has 0 bridgehead atoms. The Labute approximate surface area is 96.4 Å². The molecule has 0 aromatic heterocycles. The summed E-state index contributed by atoms with van der Waals surface area (Å²) in [5, 5.41) is 14.0.